The fourth-order valence-corrected chi connectivity index (χ4v) is 1.30. The van der Waals surface area contributed by atoms with Gasteiger partial charge in [0, 0.05) is 11.4 Å². The Balaban J connectivity index is 2.65. The van der Waals surface area contributed by atoms with Gasteiger partial charge in [0.05, 0.1) is 6.04 Å². The Kier molecular flexibility index (Phi) is 3.96. The van der Waals surface area contributed by atoms with Crippen LogP contribution in [0.1, 0.15) is 31.9 Å². The van der Waals surface area contributed by atoms with Gasteiger partial charge in [-0.2, -0.15) is 0 Å². The monoisotopic (exact) mass is 211 g/mol. The molecular weight excluding hydrogens is 198 g/mol. The Morgan fingerprint density at radius 3 is 2.50 bits per heavy atom. The van der Waals surface area contributed by atoms with Gasteiger partial charge in [-0.25, -0.2) is 0 Å². The third-order valence-electron chi connectivity index (χ3n) is 2.07. The first kappa shape index (κ1) is 11.1. The minimum atomic E-state index is 0.0414. The molecule has 76 valence electrons. The molecule has 0 aliphatic heterocycles. The standard InChI is InChI=1S/C11H14ClNO/c1-3-11(14)13-8(2)9-4-6-10(12)7-5-9/h4-8H,3H2,1-2H3,(H,13,14)/t8-/m0/s1. The molecule has 0 radical (unpaired) electrons. The predicted octanol–water partition coefficient (Wildman–Crippen LogP) is 2.93. The van der Waals surface area contributed by atoms with Crippen molar-refractivity contribution < 1.29 is 4.79 Å². The molecule has 0 aliphatic carbocycles. The zero-order valence-electron chi connectivity index (χ0n) is 8.38. The molecule has 1 amide bonds. The van der Waals surface area contributed by atoms with Crippen LogP contribution in [0.4, 0.5) is 0 Å². The van der Waals surface area contributed by atoms with Crippen molar-refractivity contribution in [1.82, 2.24) is 5.32 Å². The number of hydrogen-bond acceptors (Lipinski definition) is 1. The maximum atomic E-state index is 11.1. The van der Waals surface area contributed by atoms with E-state index in [2.05, 4.69) is 5.32 Å². The number of hydrogen-bond donors (Lipinski definition) is 1. The van der Waals surface area contributed by atoms with Crippen molar-refractivity contribution in [3.8, 4) is 0 Å². The zero-order chi connectivity index (χ0) is 10.6. The summed E-state index contributed by atoms with van der Waals surface area (Å²) in [6.07, 6.45) is 0.512. The van der Waals surface area contributed by atoms with Crippen molar-refractivity contribution in [3.05, 3.63) is 34.9 Å². The van der Waals surface area contributed by atoms with E-state index in [9.17, 15) is 4.79 Å². The highest BCUT2D eigenvalue weighted by molar-refractivity contribution is 6.30. The van der Waals surface area contributed by atoms with Gasteiger partial charge < -0.3 is 5.32 Å². The summed E-state index contributed by atoms with van der Waals surface area (Å²) in [5.74, 6) is 0.0625. The van der Waals surface area contributed by atoms with Gasteiger partial charge in [0.2, 0.25) is 5.91 Å². The highest BCUT2D eigenvalue weighted by Gasteiger charge is 2.06. The summed E-state index contributed by atoms with van der Waals surface area (Å²) in [5, 5.41) is 3.59. The van der Waals surface area contributed by atoms with Crippen LogP contribution in [0.3, 0.4) is 0 Å². The molecule has 2 nitrogen and oxygen atoms in total. The van der Waals surface area contributed by atoms with Crippen molar-refractivity contribution in [1.29, 1.82) is 0 Å². The van der Waals surface area contributed by atoms with Crippen molar-refractivity contribution in [3.63, 3.8) is 0 Å². The van der Waals surface area contributed by atoms with Crippen LogP contribution in [0, 0.1) is 0 Å². The highest BCUT2D eigenvalue weighted by atomic mass is 35.5. The fraction of sp³-hybridized carbons (Fsp3) is 0.364. The lowest BCUT2D eigenvalue weighted by molar-refractivity contribution is -0.121. The van der Waals surface area contributed by atoms with Crippen molar-refractivity contribution in [2.24, 2.45) is 0 Å². The molecule has 0 heterocycles. The van der Waals surface area contributed by atoms with Crippen LogP contribution in [-0.4, -0.2) is 5.91 Å². The largest absolute Gasteiger partial charge is 0.350 e. The summed E-state index contributed by atoms with van der Waals surface area (Å²) in [6.45, 7) is 3.79. The molecule has 1 rings (SSSR count). The van der Waals surface area contributed by atoms with E-state index >= 15 is 0 Å². The zero-order valence-corrected chi connectivity index (χ0v) is 9.14. The molecule has 1 aromatic rings. The molecule has 0 spiro atoms. The maximum Gasteiger partial charge on any atom is 0.220 e. The van der Waals surface area contributed by atoms with E-state index in [1.807, 2.05) is 38.1 Å². The van der Waals surface area contributed by atoms with Crippen LogP contribution in [0.25, 0.3) is 0 Å². The van der Waals surface area contributed by atoms with E-state index in [1.54, 1.807) is 0 Å². The Morgan fingerprint density at radius 1 is 1.43 bits per heavy atom. The number of nitrogens with one attached hydrogen (secondary N) is 1. The van der Waals surface area contributed by atoms with Crippen LogP contribution in [-0.2, 0) is 4.79 Å². The Morgan fingerprint density at radius 2 is 2.00 bits per heavy atom. The van der Waals surface area contributed by atoms with Crippen molar-refractivity contribution >= 4 is 17.5 Å². The van der Waals surface area contributed by atoms with Crippen LogP contribution >= 0.6 is 11.6 Å². The fourth-order valence-electron chi connectivity index (χ4n) is 1.18. The molecule has 1 N–H and O–H groups in total. The molecular formula is C11H14ClNO. The SMILES string of the molecule is CCC(=O)N[C@@H](C)c1ccc(Cl)cc1. The molecule has 0 aliphatic rings. The Bertz CT molecular complexity index is 308. The van der Waals surface area contributed by atoms with E-state index in [-0.39, 0.29) is 11.9 Å². The van der Waals surface area contributed by atoms with Crippen LogP contribution in [0.5, 0.6) is 0 Å². The second-order valence-corrected chi connectivity index (χ2v) is 3.63. The topological polar surface area (TPSA) is 29.1 Å². The first-order valence-corrected chi connectivity index (χ1v) is 5.06. The molecule has 0 aromatic heterocycles. The Labute approximate surface area is 89.3 Å². The molecule has 0 unspecified atom stereocenters. The summed E-state index contributed by atoms with van der Waals surface area (Å²) < 4.78 is 0. The maximum absolute atomic E-state index is 11.1. The molecule has 14 heavy (non-hydrogen) atoms. The predicted molar refractivity (Wildman–Crippen MR) is 58.3 cm³/mol. The third-order valence-corrected chi connectivity index (χ3v) is 2.32. The van der Waals surface area contributed by atoms with Gasteiger partial charge in [-0.15, -0.1) is 0 Å². The molecule has 0 saturated heterocycles. The smallest absolute Gasteiger partial charge is 0.220 e. The number of rotatable bonds is 3. The minimum absolute atomic E-state index is 0.0414. The number of halogens is 1. The average Bonchev–Trinajstić information content (AvgIpc) is 2.18. The first-order valence-electron chi connectivity index (χ1n) is 4.68. The third kappa shape index (κ3) is 3.04. The van der Waals surface area contributed by atoms with Crippen LogP contribution in [0.2, 0.25) is 5.02 Å². The number of amides is 1. The molecule has 1 aromatic carbocycles. The summed E-state index contributed by atoms with van der Waals surface area (Å²) >= 11 is 5.76. The average molecular weight is 212 g/mol. The quantitative estimate of drug-likeness (QED) is 0.819. The molecule has 1 atom stereocenters. The minimum Gasteiger partial charge on any atom is -0.350 e. The molecule has 0 fully saturated rings. The lowest BCUT2D eigenvalue weighted by atomic mass is 10.1. The number of carbonyl (C=O) groups is 1. The lowest BCUT2D eigenvalue weighted by Gasteiger charge is -2.13. The van der Waals surface area contributed by atoms with Gasteiger partial charge in [-0.1, -0.05) is 30.7 Å². The summed E-state index contributed by atoms with van der Waals surface area (Å²) in [6, 6.07) is 7.53. The highest BCUT2D eigenvalue weighted by Crippen LogP contribution is 2.15. The summed E-state index contributed by atoms with van der Waals surface area (Å²) in [7, 11) is 0. The van der Waals surface area contributed by atoms with E-state index in [0.29, 0.717) is 11.4 Å². The van der Waals surface area contributed by atoms with Crippen molar-refractivity contribution in [2.75, 3.05) is 0 Å². The molecule has 0 saturated carbocycles. The van der Waals surface area contributed by atoms with Gasteiger partial charge in [-0.05, 0) is 24.6 Å². The second-order valence-electron chi connectivity index (χ2n) is 3.19. The van der Waals surface area contributed by atoms with E-state index < -0.39 is 0 Å². The summed E-state index contributed by atoms with van der Waals surface area (Å²) in [4.78, 5) is 11.1. The van der Waals surface area contributed by atoms with Crippen LogP contribution < -0.4 is 5.32 Å². The number of benzene rings is 1. The van der Waals surface area contributed by atoms with E-state index in [1.165, 1.54) is 0 Å². The number of carbonyl (C=O) groups excluding carboxylic acids is 1. The van der Waals surface area contributed by atoms with Crippen molar-refractivity contribution in [2.45, 2.75) is 26.3 Å². The van der Waals surface area contributed by atoms with Gasteiger partial charge in [0.1, 0.15) is 0 Å². The van der Waals surface area contributed by atoms with Crippen LogP contribution in [0.15, 0.2) is 24.3 Å². The Hall–Kier alpha value is -1.02. The second kappa shape index (κ2) is 5.01. The molecule has 3 heteroatoms. The summed E-state index contributed by atoms with van der Waals surface area (Å²) in [5.41, 5.74) is 1.07. The van der Waals surface area contributed by atoms with Gasteiger partial charge in [0.25, 0.3) is 0 Å². The first-order chi connectivity index (χ1) is 6.63. The van der Waals surface area contributed by atoms with Gasteiger partial charge in [0.15, 0.2) is 0 Å². The van der Waals surface area contributed by atoms with E-state index in [4.69, 9.17) is 11.6 Å². The van der Waals surface area contributed by atoms with Gasteiger partial charge >= 0.3 is 0 Å². The molecule has 0 bridgehead atoms. The normalized spacial score (nSPS) is 12.2. The van der Waals surface area contributed by atoms with Gasteiger partial charge in [-0.3, -0.25) is 4.79 Å². The lowest BCUT2D eigenvalue weighted by Crippen LogP contribution is -2.25. The van der Waals surface area contributed by atoms with E-state index in [0.717, 1.165) is 5.56 Å².